The fourth-order valence-electron chi connectivity index (χ4n) is 5.13. The van der Waals surface area contributed by atoms with Gasteiger partial charge < -0.3 is 23.9 Å². The largest absolute Gasteiger partial charge is 0.473 e. The van der Waals surface area contributed by atoms with Crippen LogP contribution in [0.5, 0.6) is 5.88 Å². The minimum absolute atomic E-state index is 0.00536. The molecule has 12 nitrogen and oxygen atoms in total. The maximum atomic E-state index is 13.5. The number of carbonyl (C=O) groups is 1. The third-order valence-electron chi connectivity index (χ3n) is 7.51. The second-order valence-corrected chi connectivity index (χ2v) is 13.9. The summed E-state index contributed by atoms with van der Waals surface area (Å²) >= 11 is 1.23. The maximum absolute atomic E-state index is 13.5. The van der Waals surface area contributed by atoms with E-state index in [4.69, 9.17) is 19.0 Å². The molecule has 232 valence electrons. The van der Waals surface area contributed by atoms with Gasteiger partial charge in [0.05, 0.1) is 16.8 Å². The van der Waals surface area contributed by atoms with Gasteiger partial charge in [-0.25, -0.2) is 18.4 Å². The number of thiazole rings is 1. The standard InChI is InChI=1S/C29H37N5O7S2/c1-34-14-13-22(18-34)40-25-12-11-24-28(31-25)42-29(30-24)32-27(35)26(33-41-21-8-7-20(17-21)39-3)19-5-9-23(10-6-19)43(36,37)16-4-15-38-2/h5-6,9-12,20-22H,4,7-8,13-18H2,1-3H3,(H,30,32,35)/t20-,21-,22?/m1/s1. The van der Waals surface area contributed by atoms with Crippen LogP contribution in [0, 0.1) is 0 Å². The monoisotopic (exact) mass is 631 g/mol. The Hall–Kier alpha value is -3.17. The summed E-state index contributed by atoms with van der Waals surface area (Å²) in [4.78, 5) is 31.4. The van der Waals surface area contributed by atoms with Crippen LogP contribution in [0.4, 0.5) is 5.13 Å². The number of likely N-dealkylation sites (N-methyl/N-ethyl adjacent to an activating group) is 1. The average Bonchev–Trinajstić information content (AvgIpc) is 3.73. The third kappa shape index (κ3) is 8.06. The number of methoxy groups -OCH3 is 2. The fraction of sp³-hybridized carbons (Fsp3) is 0.517. The molecule has 2 aliphatic rings. The van der Waals surface area contributed by atoms with Crippen LogP contribution >= 0.6 is 11.3 Å². The van der Waals surface area contributed by atoms with Crippen molar-refractivity contribution in [3.63, 3.8) is 0 Å². The Bertz CT molecular complexity index is 1540. The van der Waals surface area contributed by atoms with Crippen LogP contribution in [-0.2, 0) is 28.9 Å². The number of rotatable bonds is 13. The first-order valence-corrected chi connectivity index (χ1v) is 16.7. The van der Waals surface area contributed by atoms with Gasteiger partial charge in [0.25, 0.3) is 5.91 Å². The van der Waals surface area contributed by atoms with Gasteiger partial charge in [-0.05, 0) is 50.9 Å². The number of nitrogens with one attached hydrogen (secondary N) is 1. The number of anilines is 1. The van der Waals surface area contributed by atoms with E-state index in [0.717, 1.165) is 32.4 Å². The van der Waals surface area contributed by atoms with Crippen molar-refractivity contribution in [1.29, 1.82) is 0 Å². The minimum Gasteiger partial charge on any atom is -0.473 e. The second-order valence-electron chi connectivity index (χ2n) is 10.8. The van der Waals surface area contributed by atoms with E-state index < -0.39 is 15.7 Å². The quantitative estimate of drug-likeness (QED) is 0.169. The third-order valence-corrected chi connectivity index (χ3v) is 10.2. The number of oxime groups is 1. The number of hydrogen-bond donors (Lipinski definition) is 1. The highest BCUT2D eigenvalue weighted by atomic mass is 32.2. The van der Waals surface area contributed by atoms with Gasteiger partial charge in [0.1, 0.15) is 22.6 Å². The summed E-state index contributed by atoms with van der Waals surface area (Å²) in [7, 11) is 1.75. The van der Waals surface area contributed by atoms with Gasteiger partial charge in [-0.1, -0.05) is 28.6 Å². The van der Waals surface area contributed by atoms with Gasteiger partial charge in [0, 0.05) is 52.0 Å². The van der Waals surface area contributed by atoms with Crippen molar-refractivity contribution in [2.24, 2.45) is 5.16 Å². The molecule has 0 bridgehead atoms. The van der Waals surface area contributed by atoms with Gasteiger partial charge >= 0.3 is 0 Å². The number of fused-ring (bicyclic) bond motifs is 1. The van der Waals surface area contributed by atoms with Gasteiger partial charge in [0.15, 0.2) is 20.7 Å². The van der Waals surface area contributed by atoms with Crippen LogP contribution in [0.15, 0.2) is 46.4 Å². The predicted octanol–water partition coefficient (Wildman–Crippen LogP) is 3.51. The predicted molar refractivity (Wildman–Crippen MR) is 164 cm³/mol. The molecule has 1 saturated carbocycles. The Morgan fingerprint density at radius 3 is 2.56 bits per heavy atom. The molecule has 1 aliphatic heterocycles. The van der Waals surface area contributed by atoms with Crippen molar-refractivity contribution in [1.82, 2.24) is 14.9 Å². The molecular weight excluding hydrogens is 594 g/mol. The van der Waals surface area contributed by atoms with Crippen molar-refractivity contribution in [3.05, 3.63) is 42.0 Å². The molecule has 1 amide bonds. The average molecular weight is 632 g/mol. The molecule has 2 fully saturated rings. The molecule has 43 heavy (non-hydrogen) atoms. The van der Waals surface area contributed by atoms with Crippen molar-refractivity contribution in [3.8, 4) is 5.88 Å². The number of amides is 1. The maximum Gasteiger partial charge on any atom is 0.280 e. The lowest BCUT2D eigenvalue weighted by Crippen LogP contribution is -2.25. The zero-order valence-corrected chi connectivity index (χ0v) is 26.2. The lowest BCUT2D eigenvalue weighted by atomic mass is 10.1. The van der Waals surface area contributed by atoms with Crippen molar-refractivity contribution < 1.29 is 32.3 Å². The van der Waals surface area contributed by atoms with Crippen LogP contribution < -0.4 is 10.1 Å². The normalized spacial score (nSPS) is 21.4. The first kappa shape index (κ1) is 31.3. The second kappa shape index (κ2) is 14.1. The molecule has 0 radical (unpaired) electrons. The van der Waals surface area contributed by atoms with Crippen molar-refractivity contribution >= 4 is 48.3 Å². The van der Waals surface area contributed by atoms with Crippen molar-refractivity contribution in [2.75, 3.05) is 52.0 Å². The molecule has 3 atom stereocenters. The van der Waals surface area contributed by atoms with Gasteiger partial charge in [-0.15, -0.1) is 0 Å². The Morgan fingerprint density at radius 1 is 1.07 bits per heavy atom. The Labute approximate surface area is 255 Å². The van der Waals surface area contributed by atoms with E-state index in [2.05, 4.69) is 32.4 Å². The number of ether oxygens (including phenoxy) is 3. The smallest absolute Gasteiger partial charge is 0.280 e. The fourth-order valence-corrected chi connectivity index (χ4v) is 7.24. The summed E-state index contributed by atoms with van der Waals surface area (Å²) in [6.45, 7) is 2.18. The molecule has 2 aromatic heterocycles. The number of benzene rings is 1. The Balaban J connectivity index is 1.33. The van der Waals surface area contributed by atoms with E-state index in [0.29, 0.717) is 46.4 Å². The molecule has 1 saturated heterocycles. The summed E-state index contributed by atoms with van der Waals surface area (Å²) in [6.07, 6.45) is 3.56. The van der Waals surface area contributed by atoms with Crippen LogP contribution in [0.1, 0.15) is 37.7 Å². The lowest BCUT2D eigenvalue weighted by Gasteiger charge is -2.12. The Kier molecular flexibility index (Phi) is 10.2. The molecule has 1 aromatic carbocycles. The number of nitrogens with zero attached hydrogens (tertiary/aromatic N) is 4. The highest BCUT2D eigenvalue weighted by Gasteiger charge is 2.27. The van der Waals surface area contributed by atoms with E-state index >= 15 is 0 Å². The highest BCUT2D eigenvalue weighted by Crippen LogP contribution is 2.28. The first-order chi connectivity index (χ1) is 20.7. The van der Waals surface area contributed by atoms with Gasteiger partial charge in [-0.2, -0.15) is 0 Å². The van der Waals surface area contributed by atoms with Gasteiger partial charge in [-0.3, -0.25) is 10.1 Å². The lowest BCUT2D eigenvalue weighted by molar-refractivity contribution is -0.110. The molecular formula is C29H37N5O7S2. The van der Waals surface area contributed by atoms with E-state index in [-0.39, 0.29) is 34.7 Å². The molecule has 3 aromatic rings. The molecule has 5 rings (SSSR count). The molecule has 1 aliphatic carbocycles. The molecule has 0 spiro atoms. The van der Waals surface area contributed by atoms with E-state index in [1.54, 1.807) is 25.3 Å². The topological polar surface area (TPSA) is 142 Å². The zero-order valence-electron chi connectivity index (χ0n) is 24.5. The molecule has 1 N–H and O–H groups in total. The Morgan fingerprint density at radius 2 is 1.86 bits per heavy atom. The summed E-state index contributed by atoms with van der Waals surface area (Å²) in [5.41, 5.74) is 1.04. The SMILES string of the molecule is COCCCS(=O)(=O)c1ccc(C(=NO[C@@H]2CC[C@@H](OC)C2)C(=O)Nc2nc3ccc(OC4CCN(C)C4)nc3s2)cc1. The summed E-state index contributed by atoms with van der Waals surface area (Å²) < 4.78 is 41.9. The van der Waals surface area contributed by atoms with Crippen LogP contribution in [0.25, 0.3) is 10.3 Å². The number of carbonyl (C=O) groups excluding carboxylic acids is 1. The van der Waals surface area contributed by atoms with Crippen LogP contribution in [-0.4, -0.2) is 99.9 Å². The molecule has 14 heteroatoms. The summed E-state index contributed by atoms with van der Waals surface area (Å²) in [6, 6.07) is 9.67. The number of likely N-dealkylation sites (tertiary alicyclic amines) is 1. The molecule has 3 heterocycles. The number of pyridine rings is 1. The minimum atomic E-state index is -3.50. The van der Waals surface area contributed by atoms with Crippen molar-refractivity contribution in [2.45, 2.75) is 55.3 Å². The van der Waals surface area contributed by atoms with E-state index in [1.807, 2.05) is 6.07 Å². The number of hydrogen-bond acceptors (Lipinski definition) is 12. The summed E-state index contributed by atoms with van der Waals surface area (Å²) in [5, 5.41) is 7.40. The molecule has 1 unspecified atom stereocenters. The highest BCUT2D eigenvalue weighted by molar-refractivity contribution is 7.91. The van der Waals surface area contributed by atoms with Gasteiger partial charge in [0.2, 0.25) is 5.88 Å². The van der Waals surface area contributed by atoms with Crippen LogP contribution in [0.3, 0.4) is 0 Å². The number of aromatic nitrogens is 2. The zero-order chi connectivity index (χ0) is 30.4. The van der Waals surface area contributed by atoms with E-state index in [1.165, 1.54) is 30.6 Å². The first-order valence-electron chi connectivity index (χ1n) is 14.3. The van der Waals surface area contributed by atoms with Crippen LogP contribution in [0.2, 0.25) is 0 Å². The number of sulfone groups is 1. The summed E-state index contributed by atoms with van der Waals surface area (Å²) in [5.74, 6) is -0.0573. The van der Waals surface area contributed by atoms with E-state index in [9.17, 15) is 13.2 Å².